The molecule has 1 aromatic heterocycles. The Kier molecular flexibility index (Phi) is 6.99. The lowest BCUT2D eigenvalue weighted by Crippen LogP contribution is -2.03. The molecule has 3 aromatic rings. The molecule has 0 bridgehead atoms. The van der Waals surface area contributed by atoms with E-state index < -0.39 is 0 Å². The zero-order valence-electron chi connectivity index (χ0n) is 15.5. The van der Waals surface area contributed by atoms with E-state index in [4.69, 9.17) is 0 Å². The SMILES string of the molecule is CC.Cc1cccc2c1CCCC2.Cc1cccc2ccncc12. The van der Waals surface area contributed by atoms with Gasteiger partial charge in [-0.25, -0.2) is 0 Å². The largest absolute Gasteiger partial charge is 0.264 e. The van der Waals surface area contributed by atoms with Gasteiger partial charge in [0.15, 0.2) is 0 Å². The van der Waals surface area contributed by atoms with Crippen molar-refractivity contribution in [1.82, 2.24) is 4.98 Å². The summed E-state index contributed by atoms with van der Waals surface area (Å²) in [6, 6.07) is 15.0. The lowest BCUT2D eigenvalue weighted by molar-refractivity contribution is 0.682. The molecule has 0 aliphatic heterocycles. The molecule has 0 radical (unpaired) electrons. The second kappa shape index (κ2) is 9.22. The maximum absolute atomic E-state index is 4.07. The van der Waals surface area contributed by atoms with E-state index >= 15 is 0 Å². The summed E-state index contributed by atoms with van der Waals surface area (Å²) >= 11 is 0. The summed E-state index contributed by atoms with van der Waals surface area (Å²) in [4.78, 5) is 4.07. The molecule has 0 saturated heterocycles. The molecule has 0 N–H and O–H groups in total. The topological polar surface area (TPSA) is 12.9 Å². The Labute approximate surface area is 146 Å². The quantitative estimate of drug-likeness (QED) is 0.464. The van der Waals surface area contributed by atoms with Gasteiger partial charge in [0.2, 0.25) is 0 Å². The number of aryl methyl sites for hydroxylation is 3. The third-order valence-electron chi connectivity index (χ3n) is 4.53. The molecule has 1 nitrogen and oxygen atoms in total. The van der Waals surface area contributed by atoms with Crippen LogP contribution in [0.2, 0.25) is 0 Å². The number of pyridine rings is 1. The van der Waals surface area contributed by atoms with Gasteiger partial charge in [-0.15, -0.1) is 0 Å². The van der Waals surface area contributed by atoms with Gasteiger partial charge in [0.25, 0.3) is 0 Å². The fourth-order valence-corrected chi connectivity index (χ4v) is 3.24. The summed E-state index contributed by atoms with van der Waals surface area (Å²) in [6.45, 7) is 8.33. The van der Waals surface area contributed by atoms with E-state index in [1.807, 2.05) is 32.3 Å². The number of hydrogen-bond donors (Lipinski definition) is 0. The van der Waals surface area contributed by atoms with Crippen LogP contribution in [0, 0.1) is 13.8 Å². The lowest BCUT2D eigenvalue weighted by atomic mass is 9.89. The van der Waals surface area contributed by atoms with Crippen LogP contribution in [0.4, 0.5) is 0 Å². The van der Waals surface area contributed by atoms with Crippen LogP contribution in [0.1, 0.15) is 48.9 Å². The molecule has 1 heterocycles. The molecule has 2 aromatic carbocycles. The molecule has 1 aliphatic carbocycles. The van der Waals surface area contributed by atoms with E-state index in [2.05, 4.69) is 55.2 Å². The highest BCUT2D eigenvalue weighted by atomic mass is 14.6. The fraction of sp³-hybridized carbons (Fsp3) is 0.348. The van der Waals surface area contributed by atoms with Crippen LogP contribution < -0.4 is 0 Å². The molecule has 126 valence electrons. The van der Waals surface area contributed by atoms with E-state index in [-0.39, 0.29) is 0 Å². The van der Waals surface area contributed by atoms with Gasteiger partial charge in [-0.05, 0) is 73.2 Å². The number of rotatable bonds is 0. The second-order valence-corrected chi connectivity index (χ2v) is 6.09. The Morgan fingerprint density at radius 1 is 0.792 bits per heavy atom. The van der Waals surface area contributed by atoms with E-state index in [0.717, 1.165) is 0 Å². The average Bonchev–Trinajstić information content (AvgIpc) is 2.65. The third-order valence-corrected chi connectivity index (χ3v) is 4.53. The highest BCUT2D eigenvalue weighted by Gasteiger charge is 2.09. The fourth-order valence-electron chi connectivity index (χ4n) is 3.24. The predicted molar refractivity (Wildman–Crippen MR) is 106 cm³/mol. The molecule has 0 fully saturated rings. The van der Waals surface area contributed by atoms with E-state index in [1.54, 1.807) is 11.1 Å². The van der Waals surface area contributed by atoms with Crippen molar-refractivity contribution in [3.05, 3.63) is 77.1 Å². The van der Waals surface area contributed by atoms with Gasteiger partial charge < -0.3 is 0 Å². The van der Waals surface area contributed by atoms with Gasteiger partial charge >= 0.3 is 0 Å². The van der Waals surface area contributed by atoms with Crippen LogP contribution in [0.25, 0.3) is 10.8 Å². The summed E-state index contributed by atoms with van der Waals surface area (Å²) < 4.78 is 0. The molecular formula is C23H29N. The van der Waals surface area contributed by atoms with Crippen molar-refractivity contribution >= 4 is 10.8 Å². The van der Waals surface area contributed by atoms with Gasteiger partial charge in [0, 0.05) is 17.8 Å². The van der Waals surface area contributed by atoms with Gasteiger partial charge in [-0.1, -0.05) is 50.2 Å². The lowest BCUT2D eigenvalue weighted by Gasteiger charge is -2.17. The van der Waals surface area contributed by atoms with Crippen LogP contribution in [-0.2, 0) is 12.8 Å². The normalized spacial score (nSPS) is 12.3. The summed E-state index contributed by atoms with van der Waals surface area (Å²) in [6.07, 6.45) is 9.11. The summed E-state index contributed by atoms with van der Waals surface area (Å²) in [7, 11) is 0. The first kappa shape index (κ1) is 18.2. The minimum atomic E-state index is 1.25. The molecule has 24 heavy (non-hydrogen) atoms. The van der Waals surface area contributed by atoms with Crippen molar-refractivity contribution in [1.29, 1.82) is 0 Å². The van der Waals surface area contributed by atoms with Crippen LogP contribution >= 0.6 is 0 Å². The zero-order chi connectivity index (χ0) is 17.4. The molecule has 0 atom stereocenters. The van der Waals surface area contributed by atoms with Crippen molar-refractivity contribution in [2.75, 3.05) is 0 Å². The molecule has 0 unspecified atom stereocenters. The maximum Gasteiger partial charge on any atom is 0.0349 e. The van der Waals surface area contributed by atoms with Crippen molar-refractivity contribution in [2.45, 2.75) is 53.4 Å². The third kappa shape index (κ3) is 4.44. The first-order valence-corrected chi connectivity index (χ1v) is 9.12. The van der Waals surface area contributed by atoms with Gasteiger partial charge in [0.05, 0.1) is 0 Å². The van der Waals surface area contributed by atoms with E-state index in [9.17, 15) is 0 Å². The number of benzene rings is 2. The van der Waals surface area contributed by atoms with Crippen molar-refractivity contribution in [3.8, 4) is 0 Å². The molecule has 0 amide bonds. The minimum Gasteiger partial charge on any atom is -0.264 e. The monoisotopic (exact) mass is 319 g/mol. The van der Waals surface area contributed by atoms with Crippen molar-refractivity contribution in [3.63, 3.8) is 0 Å². The van der Waals surface area contributed by atoms with Gasteiger partial charge in [-0.2, -0.15) is 0 Å². The van der Waals surface area contributed by atoms with E-state index in [1.165, 1.54) is 47.6 Å². The Bertz CT molecular complexity index is 769. The number of aromatic nitrogens is 1. The average molecular weight is 319 g/mol. The molecule has 1 heteroatoms. The van der Waals surface area contributed by atoms with Crippen molar-refractivity contribution < 1.29 is 0 Å². The first-order valence-electron chi connectivity index (χ1n) is 9.12. The Balaban J connectivity index is 0.000000158. The zero-order valence-corrected chi connectivity index (χ0v) is 15.5. The Morgan fingerprint density at radius 3 is 2.25 bits per heavy atom. The standard InChI is InChI=1S/C11H14.C10H9N.C2H6/c1-9-5-4-7-10-6-2-3-8-11(9)10;1-8-3-2-4-9-5-6-11-7-10(8)9;1-2/h4-5,7H,2-3,6,8H2,1H3;2-7H,1H3;1-2H3. The second-order valence-electron chi connectivity index (χ2n) is 6.09. The smallest absolute Gasteiger partial charge is 0.0349 e. The number of fused-ring (bicyclic) bond motifs is 2. The summed E-state index contributed by atoms with van der Waals surface area (Å²) in [5.41, 5.74) is 5.99. The van der Waals surface area contributed by atoms with E-state index in [0.29, 0.717) is 0 Å². The summed E-state index contributed by atoms with van der Waals surface area (Å²) in [5.74, 6) is 0. The maximum atomic E-state index is 4.07. The van der Waals surface area contributed by atoms with Crippen LogP contribution in [0.15, 0.2) is 54.9 Å². The highest BCUT2D eigenvalue weighted by Crippen LogP contribution is 2.23. The van der Waals surface area contributed by atoms with Crippen LogP contribution in [0.5, 0.6) is 0 Å². The van der Waals surface area contributed by atoms with Crippen LogP contribution in [-0.4, -0.2) is 4.98 Å². The predicted octanol–water partition coefficient (Wildman–Crippen LogP) is 6.44. The number of hydrogen-bond acceptors (Lipinski definition) is 1. The Morgan fingerprint density at radius 2 is 1.50 bits per heavy atom. The summed E-state index contributed by atoms with van der Waals surface area (Å²) in [5, 5.41) is 2.51. The number of nitrogens with zero attached hydrogens (tertiary/aromatic N) is 1. The van der Waals surface area contributed by atoms with Crippen molar-refractivity contribution in [2.24, 2.45) is 0 Å². The molecule has 0 saturated carbocycles. The van der Waals surface area contributed by atoms with Gasteiger partial charge in [-0.3, -0.25) is 4.98 Å². The molecule has 0 spiro atoms. The molecular weight excluding hydrogens is 290 g/mol. The molecule has 1 aliphatic rings. The highest BCUT2D eigenvalue weighted by molar-refractivity contribution is 5.84. The minimum absolute atomic E-state index is 1.25. The van der Waals surface area contributed by atoms with Gasteiger partial charge in [0.1, 0.15) is 0 Å². The molecule has 4 rings (SSSR count). The van der Waals surface area contributed by atoms with Crippen LogP contribution in [0.3, 0.4) is 0 Å². The Hall–Kier alpha value is -2.15. The first-order chi connectivity index (χ1) is 11.8.